The number of halogens is 1. The minimum absolute atomic E-state index is 0.0263. The summed E-state index contributed by atoms with van der Waals surface area (Å²) in [6.07, 6.45) is 0. The van der Waals surface area contributed by atoms with Crippen LogP contribution in [0.5, 0.6) is 0 Å². The van der Waals surface area contributed by atoms with E-state index >= 15 is 0 Å². The monoisotopic (exact) mass is 461 g/mol. The molecule has 0 aromatic carbocycles. The Balaban J connectivity index is 2.20. The van der Waals surface area contributed by atoms with E-state index in [1.807, 2.05) is 0 Å². The number of hydrogen-bond acceptors (Lipinski definition) is 11. The summed E-state index contributed by atoms with van der Waals surface area (Å²) in [7, 11) is 2.27. The molecular weight excluding hydrogens is 446 g/mol. The molecule has 1 aromatic heterocycles. The highest BCUT2D eigenvalue weighted by Crippen LogP contribution is 2.17. The molecule has 2 unspecified atom stereocenters. The van der Waals surface area contributed by atoms with Crippen molar-refractivity contribution in [2.45, 2.75) is 12.1 Å². The van der Waals surface area contributed by atoms with Crippen LogP contribution in [-0.4, -0.2) is 79.1 Å². The van der Waals surface area contributed by atoms with Gasteiger partial charge in [0.1, 0.15) is 17.6 Å². The molecule has 1 aromatic rings. The summed E-state index contributed by atoms with van der Waals surface area (Å²) in [5.41, 5.74) is -0.438. The summed E-state index contributed by atoms with van der Waals surface area (Å²) >= 11 is 6.38. The summed E-state index contributed by atoms with van der Waals surface area (Å²) in [5.74, 6) is -3.86. The third-order valence-corrected chi connectivity index (χ3v) is 4.55. The molecule has 0 saturated carbocycles. The van der Waals surface area contributed by atoms with E-state index in [0.717, 1.165) is 25.6 Å². The van der Waals surface area contributed by atoms with Crippen molar-refractivity contribution < 1.29 is 38.3 Å². The first-order valence-corrected chi connectivity index (χ1v) is 9.49. The molecule has 13 nitrogen and oxygen atoms in total. The number of anilines is 1. The van der Waals surface area contributed by atoms with Crippen molar-refractivity contribution in [3.05, 3.63) is 11.1 Å². The van der Waals surface area contributed by atoms with Gasteiger partial charge in [-0.3, -0.25) is 14.4 Å². The molecule has 1 aliphatic rings. The highest BCUT2D eigenvalue weighted by molar-refractivity contribution is 7.14. The maximum Gasteiger partial charge on any atom is 0.346 e. The zero-order valence-corrected chi connectivity index (χ0v) is 17.2. The SMILES string of the molecule is COC(=O)CON=C(C(=O)NC1C(=O)NC1C(=O)OC)c1csc(NC(=O)CCl)n1. The number of nitrogens with one attached hydrogen (secondary N) is 3. The third-order valence-electron chi connectivity index (χ3n) is 3.55. The summed E-state index contributed by atoms with van der Waals surface area (Å²) in [6.45, 7) is -0.595. The van der Waals surface area contributed by atoms with Gasteiger partial charge in [-0.1, -0.05) is 5.16 Å². The Hall–Kier alpha value is -3.26. The fourth-order valence-corrected chi connectivity index (χ4v) is 2.85. The van der Waals surface area contributed by atoms with Gasteiger partial charge < -0.3 is 30.3 Å². The van der Waals surface area contributed by atoms with Gasteiger partial charge in [0.05, 0.1) is 14.2 Å². The molecule has 0 spiro atoms. The van der Waals surface area contributed by atoms with Crippen LogP contribution < -0.4 is 16.0 Å². The topological polar surface area (TPSA) is 174 Å². The Morgan fingerprint density at radius 2 is 2.03 bits per heavy atom. The number of carbonyl (C=O) groups excluding carboxylic acids is 5. The van der Waals surface area contributed by atoms with E-state index in [1.165, 1.54) is 5.38 Å². The highest BCUT2D eigenvalue weighted by atomic mass is 35.5. The Labute approximate surface area is 178 Å². The lowest BCUT2D eigenvalue weighted by Crippen LogP contribution is -2.72. The summed E-state index contributed by atoms with van der Waals surface area (Å²) < 4.78 is 8.95. The molecule has 2 atom stereocenters. The van der Waals surface area contributed by atoms with Crippen molar-refractivity contribution in [1.82, 2.24) is 15.6 Å². The van der Waals surface area contributed by atoms with E-state index < -0.39 is 54.1 Å². The Morgan fingerprint density at radius 1 is 1.30 bits per heavy atom. The number of aromatic nitrogens is 1. The molecule has 0 radical (unpaired) electrons. The quantitative estimate of drug-likeness (QED) is 0.128. The van der Waals surface area contributed by atoms with E-state index in [4.69, 9.17) is 16.4 Å². The van der Waals surface area contributed by atoms with E-state index in [2.05, 4.69) is 35.6 Å². The van der Waals surface area contributed by atoms with Crippen molar-refractivity contribution in [3.63, 3.8) is 0 Å². The van der Waals surface area contributed by atoms with Crippen LogP contribution in [-0.2, 0) is 38.3 Å². The third kappa shape index (κ3) is 5.64. The Bertz CT molecular complexity index is 888. The van der Waals surface area contributed by atoms with E-state index in [1.54, 1.807) is 0 Å². The fourth-order valence-electron chi connectivity index (χ4n) is 2.07. The van der Waals surface area contributed by atoms with Gasteiger partial charge in [0.15, 0.2) is 16.9 Å². The zero-order valence-electron chi connectivity index (χ0n) is 15.6. The predicted molar refractivity (Wildman–Crippen MR) is 102 cm³/mol. The molecular formula is C15H16ClN5O8S. The van der Waals surface area contributed by atoms with Crippen molar-refractivity contribution in [2.75, 3.05) is 32.0 Å². The van der Waals surface area contributed by atoms with Crippen molar-refractivity contribution >= 4 is 63.4 Å². The van der Waals surface area contributed by atoms with Gasteiger partial charge in [-0.25, -0.2) is 14.6 Å². The zero-order chi connectivity index (χ0) is 22.3. The molecule has 0 bridgehead atoms. The lowest BCUT2D eigenvalue weighted by atomic mass is 9.99. The van der Waals surface area contributed by atoms with Crippen molar-refractivity contribution in [3.8, 4) is 0 Å². The number of carbonyl (C=O) groups is 5. The van der Waals surface area contributed by atoms with E-state index in [-0.39, 0.29) is 16.7 Å². The number of oxime groups is 1. The highest BCUT2D eigenvalue weighted by Gasteiger charge is 2.46. The molecule has 1 saturated heterocycles. The molecule has 3 amide bonds. The first-order chi connectivity index (χ1) is 14.3. The van der Waals surface area contributed by atoms with Crippen LogP contribution in [0.4, 0.5) is 5.13 Å². The molecule has 30 heavy (non-hydrogen) atoms. The van der Waals surface area contributed by atoms with E-state index in [9.17, 15) is 24.0 Å². The van der Waals surface area contributed by atoms with Crippen LogP contribution >= 0.6 is 22.9 Å². The molecule has 1 aliphatic heterocycles. The first-order valence-electron chi connectivity index (χ1n) is 8.08. The van der Waals surface area contributed by atoms with Gasteiger partial charge >= 0.3 is 11.9 Å². The van der Waals surface area contributed by atoms with Crippen LogP contribution in [0.1, 0.15) is 5.69 Å². The number of methoxy groups -OCH3 is 2. The molecule has 0 aliphatic carbocycles. The second kappa shape index (κ2) is 10.5. The standard InChI is InChI=1S/C15H16ClN5O8S/c1-27-8(23)4-29-21-9(6-5-30-15(17-6)18-7(22)3-16)12(24)19-10-11(14(26)28-2)20-13(10)25/h5,10-11H,3-4H2,1-2H3,(H,19,24)(H,20,25)(H,17,18,22). The van der Waals surface area contributed by atoms with E-state index in [0.29, 0.717) is 0 Å². The number of ether oxygens (including phenoxy) is 2. The number of thiazole rings is 1. The second-order valence-corrected chi connectivity index (χ2v) is 6.60. The summed E-state index contributed by atoms with van der Waals surface area (Å²) in [5, 5.41) is 12.1. The van der Waals surface area contributed by atoms with Crippen LogP contribution in [0.2, 0.25) is 0 Å². The predicted octanol–water partition coefficient (Wildman–Crippen LogP) is -1.63. The van der Waals surface area contributed by atoms with Gasteiger partial charge in [0.2, 0.25) is 18.4 Å². The minimum atomic E-state index is -1.20. The molecule has 3 N–H and O–H groups in total. The molecule has 1 fully saturated rings. The smallest absolute Gasteiger partial charge is 0.346 e. The number of esters is 2. The Morgan fingerprint density at radius 3 is 2.63 bits per heavy atom. The van der Waals surface area contributed by atoms with Crippen LogP contribution in [0.3, 0.4) is 0 Å². The van der Waals surface area contributed by atoms with Gasteiger partial charge in [-0.15, -0.1) is 22.9 Å². The molecule has 2 rings (SSSR count). The van der Waals surface area contributed by atoms with Crippen molar-refractivity contribution in [1.29, 1.82) is 0 Å². The number of alkyl halides is 1. The summed E-state index contributed by atoms with van der Waals surface area (Å²) in [4.78, 5) is 67.4. The molecule has 162 valence electrons. The van der Waals surface area contributed by atoms with Gasteiger partial charge in [-0.2, -0.15) is 0 Å². The maximum atomic E-state index is 12.7. The average Bonchev–Trinajstić information content (AvgIpc) is 3.19. The van der Waals surface area contributed by atoms with Gasteiger partial charge in [0, 0.05) is 5.38 Å². The summed E-state index contributed by atoms with van der Waals surface area (Å²) in [6, 6.07) is -2.28. The maximum absolute atomic E-state index is 12.7. The fraction of sp³-hybridized carbons (Fsp3) is 0.400. The molecule has 2 heterocycles. The van der Waals surface area contributed by atoms with Gasteiger partial charge in [-0.05, 0) is 0 Å². The average molecular weight is 462 g/mol. The lowest BCUT2D eigenvalue weighted by Gasteiger charge is -2.34. The van der Waals surface area contributed by atoms with Crippen LogP contribution in [0.25, 0.3) is 0 Å². The van der Waals surface area contributed by atoms with Gasteiger partial charge in [0.25, 0.3) is 5.91 Å². The number of nitrogens with zero attached hydrogens (tertiary/aromatic N) is 2. The normalized spacial score (nSPS) is 17.8. The van der Waals surface area contributed by atoms with Crippen LogP contribution in [0, 0.1) is 0 Å². The largest absolute Gasteiger partial charge is 0.467 e. The molecule has 15 heteroatoms. The van der Waals surface area contributed by atoms with Crippen LogP contribution in [0.15, 0.2) is 10.5 Å². The van der Waals surface area contributed by atoms with Crippen molar-refractivity contribution in [2.24, 2.45) is 5.16 Å². The lowest BCUT2D eigenvalue weighted by molar-refractivity contribution is -0.153. The number of amides is 3. The first kappa shape index (κ1) is 23.0. The number of β-lactam (4-membered cyclic amide) rings is 1. The minimum Gasteiger partial charge on any atom is -0.467 e. The number of hydrogen-bond donors (Lipinski definition) is 3. The number of rotatable bonds is 9. The second-order valence-electron chi connectivity index (χ2n) is 5.47. The Kier molecular flexibility index (Phi) is 8.06.